The Hall–Kier alpha value is -1.99. The highest BCUT2D eigenvalue weighted by Crippen LogP contribution is 2.28. The van der Waals surface area contributed by atoms with E-state index in [2.05, 4.69) is 10.3 Å². The van der Waals surface area contributed by atoms with Crippen LogP contribution in [0.2, 0.25) is 0 Å². The van der Waals surface area contributed by atoms with Crippen molar-refractivity contribution < 1.29 is 22.7 Å². The Morgan fingerprint density at radius 1 is 1.33 bits per heavy atom. The number of rotatable bonds is 6. The quantitative estimate of drug-likeness (QED) is 0.793. The van der Waals surface area contributed by atoms with Gasteiger partial charge < -0.3 is 15.0 Å². The highest BCUT2D eigenvalue weighted by molar-refractivity contribution is 5.94. The molecule has 2 N–H and O–H groups in total. The number of carbonyl (C=O) groups is 1. The molecule has 0 amide bonds. The largest absolute Gasteiger partial charge is 0.462 e. The molecule has 0 spiro atoms. The van der Waals surface area contributed by atoms with E-state index in [4.69, 9.17) is 4.74 Å². The maximum Gasteiger partial charge on any atom is 0.421 e. The van der Waals surface area contributed by atoms with E-state index in [1.807, 2.05) is 6.92 Å². The van der Waals surface area contributed by atoms with E-state index < -0.39 is 23.3 Å². The average molecular weight is 306 g/mol. The van der Waals surface area contributed by atoms with Crippen LogP contribution in [0, 0.1) is 0 Å². The van der Waals surface area contributed by atoms with Crippen LogP contribution in [-0.4, -0.2) is 24.1 Å². The first-order valence-electron chi connectivity index (χ1n) is 6.56. The summed E-state index contributed by atoms with van der Waals surface area (Å²) in [5, 5.41) is 2.72. The van der Waals surface area contributed by atoms with Crippen molar-refractivity contribution >= 4 is 11.8 Å². The summed E-state index contributed by atoms with van der Waals surface area (Å²) >= 11 is 0. The maximum atomic E-state index is 12.7. The summed E-state index contributed by atoms with van der Waals surface area (Å²) in [5.74, 6) is -0.965. The number of aromatic amines is 1. The molecule has 0 aliphatic carbocycles. The van der Waals surface area contributed by atoms with E-state index in [1.54, 1.807) is 6.92 Å². The zero-order chi connectivity index (χ0) is 16.0. The highest BCUT2D eigenvalue weighted by Gasteiger charge is 2.35. The zero-order valence-corrected chi connectivity index (χ0v) is 11.8. The summed E-state index contributed by atoms with van der Waals surface area (Å²) in [5.41, 5.74) is -3.05. The van der Waals surface area contributed by atoms with Crippen LogP contribution < -0.4 is 10.9 Å². The molecule has 1 rings (SSSR count). The number of H-pyrrole nitrogens is 1. The molecule has 0 fully saturated rings. The SMILES string of the molecule is CCCNc1[nH]c(=O)c(C(F)(F)F)cc1C(=O)OCCC. The van der Waals surface area contributed by atoms with Crippen LogP contribution in [0.1, 0.15) is 42.6 Å². The second-order valence-corrected chi connectivity index (χ2v) is 4.36. The molecule has 1 heterocycles. The van der Waals surface area contributed by atoms with Gasteiger partial charge in [-0.3, -0.25) is 4.79 Å². The summed E-state index contributed by atoms with van der Waals surface area (Å²) in [4.78, 5) is 25.4. The number of ether oxygens (including phenoxy) is 1. The van der Waals surface area contributed by atoms with Crippen LogP contribution in [0.15, 0.2) is 10.9 Å². The minimum atomic E-state index is -4.84. The molecule has 0 bridgehead atoms. The summed E-state index contributed by atoms with van der Waals surface area (Å²) in [6, 6.07) is 0.523. The maximum absolute atomic E-state index is 12.7. The van der Waals surface area contributed by atoms with Crippen LogP contribution in [-0.2, 0) is 10.9 Å². The van der Waals surface area contributed by atoms with E-state index >= 15 is 0 Å². The van der Waals surface area contributed by atoms with Gasteiger partial charge in [0.1, 0.15) is 16.9 Å². The number of aromatic nitrogens is 1. The van der Waals surface area contributed by atoms with Crippen molar-refractivity contribution in [3.8, 4) is 0 Å². The summed E-state index contributed by atoms with van der Waals surface area (Å²) in [7, 11) is 0. The topological polar surface area (TPSA) is 71.2 Å². The van der Waals surface area contributed by atoms with Gasteiger partial charge in [-0.2, -0.15) is 13.2 Å². The number of anilines is 1. The molecule has 0 atom stereocenters. The lowest BCUT2D eigenvalue weighted by atomic mass is 10.1. The molecule has 0 unspecified atom stereocenters. The molecular formula is C13H17F3N2O3. The first kappa shape index (κ1) is 17.1. The van der Waals surface area contributed by atoms with Crippen molar-refractivity contribution in [1.29, 1.82) is 0 Å². The number of nitrogens with one attached hydrogen (secondary N) is 2. The van der Waals surface area contributed by atoms with E-state index in [0.717, 1.165) is 0 Å². The number of hydrogen-bond acceptors (Lipinski definition) is 4. The predicted molar refractivity (Wildman–Crippen MR) is 71.4 cm³/mol. The minimum Gasteiger partial charge on any atom is -0.462 e. The van der Waals surface area contributed by atoms with E-state index in [9.17, 15) is 22.8 Å². The number of esters is 1. The third-order valence-corrected chi connectivity index (χ3v) is 2.56. The first-order chi connectivity index (χ1) is 9.81. The van der Waals surface area contributed by atoms with E-state index in [0.29, 0.717) is 25.5 Å². The van der Waals surface area contributed by atoms with Gasteiger partial charge in [-0.1, -0.05) is 13.8 Å². The normalized spacial score (nSPS) is 11.3. The van der Waals surface area contributed by atoms with Crippen LogP contribution in [0.4, 0.5) is 19.0 Å². The first-order valence-corrected chi connectivity index (χ1v) is 6.56. The van der Waals surface area contributed by atoms with Crippen molar-refractivity contribution in [2.24, 2.45) is 0 Å². The number of alkyl halides is 3. The van der Waals surface area contributed by atoms with E-state index in [1.165, 1.54) is 0 Å². The van der Waals surface area contributed by atoms with Gasteiger partial charge in [-0.05, 0) is 18.9 Å². The molecule has 0 aromatic carbocycles. The lowest BCUT2D eigenvalue weighted by molar-refractivity contribution is -0.138. The number of halogens is 3. The number of pyridine rings is 1. The lowest BCUT2D eigenvalue weighted by Gasteiger charge is -2.13. The van der Waals surface area contributed by atoms with Crippen molar-refractivity contribution in [2.45, 2.75) is 32.9 Å². The second kappa shape index (κ2) is 7.14. The van der Waals surface area contributed by atoms with Gasteiger partial charge in [0.05, 0.1) is 6.61 Å². The van der Waals surface area contributed by atoms with Crippen molar-refractivity contribution in [3.05, 3.63) is 27.5 Å². The molecule has 21 heavy (non-hydrogen) atoms. The zero-order valence-electron chi connectivity index (χ0n) is 11.8. The highest BCUT2D eigenvalue weighted by atomic mass is 19.4. The molecule has 118 valence electrons. The molecule has 5 nitrogen and oxygen atoms in total. The third kappa shape index (κ3) is 4.51. The van der Waals surface area contributed by atoms with Gasteiger partial charge in [-0.25, -0.2) is 4.79 Å². The van der Waals surface area contributed by atoms with E-state index in [-0.39, 0.29) is 18.0 Å². The second-order valence-electron chi connectivity index (χ2n) is 4.36. The molecule has 0 radical (unpaired) electrons. The van der Waals surface area contributed by atoms with Crippen LogP contribution in [0.25, 0.3) is 0 Å². The Morgan fingerprint density at radius 2 is 2.00 bits per heavy atom. The van der Waals surface area contributed by atoms with Crippen molar-refractivity contribution in [2.75, 3.05) is 18.5 Å². The molecule has 0 saturated carbocycles. The fraction of sp³-hybridized carbons (Fsp3) is 0.538. The van der Waals surface area contributed by atoms with Crippen LogP contribution in [0.5, 0.6) is 0 Å². The predicted octanol–water partition coefficient (Wildman–Crippen LogP) is 2.78. The number of hydrogen-bond donors (Lipinski definition) is 2. The fourth-order valence-electron chi connectivity index (χ4n) is 1.56. The van der Waals surface area contributed by atoms with Gasteiger partial charge in [0.2, 0.25) is 0 Å². The Morgan fingerprint density at radius 3 is 2.52 bits per heavy atom. The summed E-state index contributed by atoms with van der Waals surface area (Å²) < 4.78 is 43.0. The van der Waals surface area contributed by atoms with Crippen molar-refractivity contribution in [1.82, 2.24) is 4.98 Å². The Balaban J connectivity index is 3.27. The van der Waals surface area contributed by atoms with Gasteiger partial charge in [0, 0.05) is 6.54 Å². The smallest absolute Gasteiger partial charge is 0.421 e. The molecule has 1 aromatic heterocycles. The van der Waals surface area contributed by atoms with Gasteiger partial charge in [0.15, 0.2) is 0 Å². The lowest BCUT2D eigenvalue weighted by Crippen LogP contribution is -2.25. The monoisotopic (exact) mass is 306 g/mol. The van der Waals surface area contributed by atoms with Gasteiger partial charge in [-0.15, -0.1) is 0 Å². The van der Waals surface area contributed by atoms with Crippen LogP contribution in [0.3, 0.4) is 0 Å². The van der Waals surface area contributed by atoms with Crippen LogP contribution >= 0.6 is 0 Å². The standard InChI is InChI=1S/C13H17F3N2O3/c1-3-5-17-10-8(12(20)21-6-4-2)7-9(11(19)18-10)13(14,15)16/h7H,3-6H2,1-2H3,(H2,17,18,19). The molecule has 8 heteroatoms. The average Bonchev–Trinajstić information content (AvgIpc) is 2.41. The summed E-state index contributed by atoms with van der Waals surface area (Å²) in [6.45, 7) is 4.09. The fourth-order valence-corrected chi connectivity index (χ4v) is 1.56. The third-order valence-electron chi connectivity index (χ3n) is 2.56. The molecule has 0 saturated heterocycles. The Bertz CT molecular complexity index is 553. The van der Waals surface area contributed by atoms with Gasteiger partial charge in [0.25, 0.3) is 5.56 Å². The molecular weight excluding hydrogens is 289 g/mol. The molecule has 0 aliphatic rings. The molecule has 0 aliphatic heterocycles. The summed E-state index contributed by atoms with van der Waals surface area (Å²) in [6.07, 6.45) is -3.62. The minimum absolute atomic E-state index is 0.0593. The Labute approximate surface area is 119 Å². The van der Waals surface area contributed by atoms with Crippen molar-refractivity contribution in [3.63, 3.8) is 0 Å². The Kier molecular flexibility index (Phi) is 5.80. The van der Waals surface area contributed by atoms with Gasteiger partial charge >= 0.3 is 12.1 Å². The number of carbonyl (C=O) groups excluding carboxylic acids is 1. The molecule has 1 aromatic rings.